The molecule has 0 aliphatic carbocycles. The van der Waals surface area contributed by atoms with Gasteiger partial charge in [-0.25, -0.2) is 0 Å². The molecular formula is C15H23NO3. The number of nitrogens with zero attached hydrogens (tertiary/aromatic N) is 1. The van der Waals surface area contributed by atoms with Crippen LogP contribution in [0.2, 0.25) is 0 Å². The van der Waals surface area contributed by atoms with E-state index in [1.807, 2.05) is 17.9 Å². The summed E-state index contributed by atoms with van der Waals surface area (Å²) in [6, 6.07) is 7.03. The highest BCUT2D eigenvalue weighted by Gasteiger charge is 2.18. The van der Waals surface area contributed by atoms with Gasteiger partial charge in [-0.05, 0) is 31.0 Å². The van der Waals surface area contributed by atoms with E-state index in [-0.39, 0.29) is 17.7 Å². The summed E-state index contributed by atoms with van der Waals surface area (Å²) in [5.74, 6) is 0.259. The molecular weight excluding hydrogens is 242 g/mol. The summed E-state index contributed by atoms with van der Waals surface area (Å²) in [6.07, 6.45) is 1.22. The van der Waals surface area contributed by atoms with Crippen LogP contribution >= 0.6 is 0 Å². The molecule has 0 aliphatic rings. The zero-order valence-corrected chi connectivity index (χ0v) is 11.9. The number of phenolic OH excluding ortho intramolecular Hbond substituents is 1. The number of phenols is 1. The number of methoxy groups -OCH3 is 1. The van der Waals surface area contributed by atoms with Gasteiger partial charge in [-0.15, -0.1) is 0 Å². The minimum atomic E-state index is 0.0667. The molecule has 106 valence electrons. The molecule has 0 radical (unpaired) electrons. The molecule has 0 heterocycles. The summed E-state index contributed by atoms with van der Waals surface area (Å²) in [6.45, 7) is 5.24. The minimum absolute atomic E-state index is 0.0667. The second kappa shape index (κ2) is 7.79. The molecule has 0 spiro atoms. The summed E-state index contributed by atoms with van der Waals surface area (Å²) in [7, 11) is 1.63. The van der Waals surface area contributed by atoms with Crippen LogP contribution in [0.1, 0.15) is 25.8 Å². The number of hydrogen-bond donors (Lipinski definition) is 1. The van der Waals surface area contributed by atoms with Crippen molar-refractivity contribution in [2.75, 3.05) is 20.3 Å². The Morgan fingerprint density at radius 3 is 2.79 bits per heavy atom. The monoisotopic (exact) mass is 265 g/mol. The first-order chi connectivity index (χ1) is 9.08. The third-order valence-electron chi connectivity index (χ3n) is 3.25. The Bertz CT molecular complexity index is 406. The fourth-order valence-corrected chi connectivity index (χ4v) is 1.94. The summed E-state index contributed by atoms with van der Waals surface area (Å²) in [4.78, 5) is 14.2. The average molecular weight is 265 g/mol. The van der Waals surface area contributed by atoms with Gasteiger partial charge in [0, 0.05) is 19.7 Å². The van der Waals surface area contributed by atoms with Crippen molar-refractivity contribution >= 4 is 5.91 Å². The van der Waals surface area contributed by atoms with E-state index in [0.717, 1.165) is 12.0 Å². The van der Waals surface area contributed by atoms with Crippen LogP contribution in [0.4, 0.5) is 0 Å². The van der Waals surface area contributed by atoms with Gasteiger partial charge in [-0.1, -0.05) is 19.1 Å². The van der Waals surface area contributed by atoms with Crippen LogP contribution in [0, 0.1) is 0 Å². The van der Waals surface area contributed by atoms with E-state index in [4.69, 9.17) is 4.74 Å². The van der Waals surface area contributed by atoms with E-state index in [0.29, 0.717) is 19.6 Å². The van der Waals surface area contributed by atoms with E-state index in [1.165, 1.54) is 0 Å². The molecule has 1 aromatic rings. The van der Waals surface area contributed by atoms with Crippen molar-refractivity contribution in [3.8, 4) is 5.75 Å². The van der Waals surface area contributed by atoms with Crippen LogP contribution in [0.3, 0.4) is 0 Å². The fourth-order valence-electron chi connectivity index (χ4n) is 1.94. The van der Waals surface area contributed by atoms with Crippen LogP contribution in [0.15, 0.2) is 24.3 Å². The zero-order chi connectivity index (χ0) is 14.3. The number of ether oxygens (including phenoxy) is 1. The molecule has 1 rings (SSSR count). The maximum absolute atomic E-state index is 12.3. The Balaban J connectivity index is 2.70. The smallest absolute Gasteiger partial charge is 0.227 e. The standard InChI is InChI=1S/C15H23NO3/c1-4-12(2)16(8-9-19-3)15(18)11-13-6-5-7-14(17)10-13/h5-7,10,12,17H,4,8-9,11H2,1-3H3. The number of amides is 1. The highest BCUT2D eigenvalue weighted by Crippen LogP contribution is 2.13. The van der Waals surface area contributed by atoms with Gasteiger partial charge in [-0.3, -0.25) is 4.79 Å². The highest BCUT2D eigenvalue weighted by molar-refractivity contribution is 5.79. The number of carbonyl (C=O) groups is 1. The second-order valence-corrected chi connectivity index (χ2v) is 4.68. The normalized spacial score (nSPS) is 12.2. The van der Waals surface area contributed by atoms with E-state index < -0.39 is 0 Å². The SMILES string of the molecule is CCC(C)N(CCOC)C(=O)Cc1cccc(O)c1. The van der Waals surface area contributed by atoms with Crippen molar-refractivity contribution in [1.29, 1.82) is 0 Å². The molecule has 0 saturated heterocycles. The van der Waals surface area contributed by atoms with E-state index in [9.17, 15) is 9.90 Å². The van der Waals surface area contributed by atoms with Crippen LogP contribution in [-0.2, 0) is 16.0 Å². The summed E-state index contributed by atoms with van der Waals surface area (Å²) < 4.78 is 5.05. The van der Waals surface area contributed by atoms with Crippen LogP contribution in [0.5, 0.6) is 5.75 Å². The first-order valence-electron chi connectivity index (χ1n) is 6.64. The lowest BCUT2D eigenvalue weighted by Gasteiger charge is -2.28. The average Bonchev–Trinajstić information content (AvgIpc) is 2.38. The molecule has 4 heteroatoms. The number of aromatic hydroxyl groups is 1. The molecule has 1 aromatic carbocycles. The van der Waals surface area contributed by atoms with Crippen molar-refractivity contribution in [3.05, 3.63) is 29.8 Å². The molecule has 1 amide bonds. The fraction of sp³-hybridized carbons (Fsp3) is 0.533. The molecule has 0 bridgehead atoms. The molecule has 1 unspecified atom stereocenters. The van der Waals surface area contributed by atoms with Gasteiger partial charge in [-0.2, -0.15) is 0 Å². The lowest BCUT2D eigenvalue weighted by atomic mass is 10.1. The van der Waals surface area contributed by atoms with Gasteiger partial charge in [0.1, 0.15) is 5.75 Å². The Hall–Kier alpha value is -1.55. The maximum Gasteiger partial charge on any atom is 0.227 e. The van der Waals surface area contributed by atoms with E-state index >= 15 is 0 Å². The Kier molecular flexibility index (Phi) is 6.36. The molecule has 1 N–H and O–H groups in total. The molecule has 0 saturated carbocycles. The summed E-state index contributed by atoms with van der Waals surface area (Å²) >= 11 is 0. The highest BCUT2D eigenvalue weighted by atomic mass is 16.5. The van der Waals surface area contributed by atoms with Gasteiger partial charge < -0.3 is 14.7 Å². The van der Waals surface area contributed by atoms with E-state index in [2.05, 4.69) is 6.92 Å². The number of hydrogen-bond acceptors (Lipinski definition) is 3. The Morgan fingerprint density at radius 2 is 2.21 bits per heavy atom. The summed E-state index contributed by atoms with van der Waals surface area (Å²) in [5.41, 5.74) is 0.829. The quantitative estimate of drug-likeness (QED) is 0.822. The lowest BCUT2D eigenvalue weighted by Crippen LogP contribution is -2.41. The lowest BCUT2D eigenvalue weighted by molar-refractivity contribution is -0.133. The maximum atomic E-state index is 12.3. The predicted octanol–water partition coefficient (Wildman–Crippen LogP) is 2.21. The van der Waals surface area contributed by atoms with Crippen molar-refractivity contribution in [2.45, 2.75) is 32.7 Å². The summed E-state index contributed by atoms with van der Waals surface area (Å²) in [5, 5.41) is 9.42. The van der Waals surface area contributed by atoms with Crippen molar-refractivity contribution in [1.82, 2.24) is 4.90 Å². The van der Waals surface area contributed by atoms with Gasteiger partial charge in [0.15, 0.2) is 0 Å². The van der Waals surface area contributed by atoms with Crippen LogP contribution < -0.4 is 0 Å². The number of carbonyl (C=O) groups excluding carboxylic acids is 1. The molecule has 0 aliphatic heterocycles. The van der Waals surface area contributed by atoms with Gasteiger partial charge >= 0.3 is 0 Å². The third-order valence-corrected chi connectivity index (χ3v) is 3.25. The largest absolute Gasteiger partial charge is 0.508 e. The van der Waals surface area contributed by atoms with Gasteiger partial charge in [0.2, 0.25) is 5.91 Å². The molecule has 1 atom stereocenters. The molecule has 4 nitrogen and oxygen atoms in total. The van der Waals surface area contributed by atoms with Gasteiger partial charge in [0.25, 0.3) is 0 Å². The van der Waals surface area contributed by atoms with Gasteiger partial charge in [0.05, 0.1) is 13.0 Å². The van der Waals surface area contributed by atoms with Crippen molar-refractivity contribution in [3.63, 3.8) is 0 Å². The Labute approximate surface area is 115 Å². The van der Waals surface area contributed by atoms with E-state index in [1.54, 1.807) is 25.3 Å². The first-order valence-corrected chi connectivity index (χ1v) is 6.64. The predicted molar refractivity (Wildman–Crippen MR) is 75.2 cm³/mol. The molecule has 19 heavy (non-hydrogen) atoms. The second-order valence-electron chi connectivity index (χ2n) is 4.68. The minimum Gasteiger partial charge on any atom is -0.508 e. The van der Waals surface area contributed by atoms with Crippen LogP contribution in [0.25, 0.3) is 0 Å². The van der Waals surface area contributed by atoms with Crippen molar-refractivity contribution in [2.24, 2.45) is 0 Å². The molecule has 0 fully saturated rings. The number of benzene rings is 1. The van der Waals surface area contributed by atoms with Crippen LogP contribution in [-0.4, -0.2) is 42.2 Å². The zero-order valence-electron chi connectivity index (χ0n) is 11.9. The first kappa shape index (κ1) is 15.5. The Morgan fingerprint density at radius 1 is 1.47 bits per heavy atom. The molecule has 0 aromatic heterocycles. The van der Waals surface area contributed by atoms with Crippen molar-refractivity contribution < 1.29 is 14.6 Å². The topological polar surface area (TPSA) is 49.8 Å². The number of rotatable bonds is 7. The third kappa shape index (κ3) is 4.91.